The highest BCUT2D eigenvalue weighted by Crippen LogP contribution is 2.22. The van der Waals surface area contributed by atoms with Gasteiger partial charge in [-0.3, -0.25) is 14.5 Å². The van der Waals surface area contributed by atoms with Gasteiger partial charge in [-0.1, -0.05) is 42.5 Å². The lowest BCUT2D eigenvalue weighted by molar-refractivity contribution is -0.121. The summed E-state index contributed by atoms with van der Waals surface area (Å²) in [5.41, 5.74) is 1.63. The van der Waals surface area contributed by atoms with Crippen LogP contribution in [0.1, 0.15) is 18.1 Å². The zero-order chi connectivity index (χ0) is 17.9. The molecule has 0 radical (unpaired) electrons. The van der Waals surface area contributed by atoms with Crippen molar-refractivity contribution in [1.82, 2.24) is 10.0 Å². The minimum absolute atomic E-state index is 0.186. The van der Waals surface area contributed by atoms with Gasteiger partial charge in [0.25, 0.3) is 10.0 Å². The molecule has 25 heavy (non-hydrogen) atoms. The van der Waals surface area contributed by atoms with Crippen LogP contribution in [0.2, 0.25) is 0 Å². The third-order valence-corrected chi connectivity index (χ3v) is 5.32. The van der Waals surface area contributed by atoms with E-state index in [1.54, 1.807) is 25.1 Å². The number of amides is 1. The number of carbonyl (C=O) groups excluding carboxylic acids is 1. The van der Waals surface area contributed by atoms with Crippen LogP contribution in [0.15, 0.2) is 64.5 Å². The molecule has 3 rings (SSSR count). The average molecular weight is 357 g/mol. The Labute approximate surface area is 147 Å². The molecular formula is C18H19N3O3S. The van der Waals surface area contributed by atoms with E-state index in [1.165, 1.54) is 6.07 Å². The monoisotopic (exact) mass is 357 g/mol. The van der Waals surface area contributed by atoms with Crippen LogP contribution in [0.25, 0.3) is 0 Å². The van der Waals surface area contributed by atoms with Gasteiger partial charge in [0, 0.05) is 12.1 Å². The highest BCUT2D eigenvalue weighted by atomic mass is 32.2. The lowest BCUT2D eigenvalue weighted by Gasteiger charge is -2.10. The van der Waals surface area contributed by atoms with Crippen molar-refractivity contribution in [3.05, 3.63) is 65.7 Å². The molecule has 1 atom stereocenters. The first-order valence-electron chi connectivity index (χ1n) is 7.99. The molecule has 1 aliphatic rings. The van der Waals surface area contributed by atoms with Crippen LogP contribution in [0.4, 0.5) is 0 Å². The zero-order valence-electron chi connectivity index (χ0n) is 13.8. The molecule has 7 heteroatoms. The number of sulfonamides is 1. The summed E-state index contributed by atoms with van der Waals surface area (Å²) in [4.78, 5) is 16.6. The van der Waals surface area contributed by atoms with Crippen molar-refractivity contribution in [2.75, 3.05) is 6.54 Å². The van der Waals surface area contributed by atoms with Crippen molar-refractivity contribution < 1.29 is 13.2 Å². The Morgan fingerprint density at radius 2 is 1.80 bits per heavy atom. The van der Waals surface area contributed by atoms with E-state index in [-0.39, 0.29) is 16.6 Å². The van der Waals surface area contributed by atoms with Crippen molar-refractivity contribution in [3.63, 3.8) is 0 Å². The van der Waals surface area contributed by atoms with Crippen molar-refractivity contribution in [3.8, 4) is 0 Å². The lowest BCUT2D eigenvalue weighted by atomic mass is 10.1. The van der Waals surface area contributed by atoms with Gasteiger partial charge in [-0.05, 0) is 31.0 Å². The van der Waals surface area contributed by atoms with E-state index in [0.717, 1.165) is 12.0 Å². The first kappa shape index (κ1) is 17.2. The third kappa shape index (κ3) is 3.88. The summed E-state index contributed by atoms with van der Waals surface area (Å²) in [5.74, 6) is -0.0340. The second kappa shape index (κ2) is 7.06. The summed E-state index contributed by atoms with van der Waals surface area (Å²) in [6, 6.07) is 15.7. The average Bonchev–Trinajstić information content (AvgIpc) is 2.86. The first-order chi connectivity index (χ1) is 12.0. The molecule has 6 nitrogen and oxygen atoms in total. The smallest absolute Gasteiger partial charge is 0.263 e. The van der Waals surface area contributed by atoms with Crippen molar-refractivity contribution in [2.24, 2.45) is 4.99 Å². The second-order valence-electron chi connectivity index (χ2n) is 5.78. The van der Waals surface area contributed by atoms with Gasteiger partial charge >= 0.3 is 0 Å². The number of hydrogen-bond acceptors (Lipinski definition) is 4. The van der Waals surface area contributed by atoms with E-state index < -0.39 is 16.1 Å². The maximum absolute atomic E-state index is 12.2. The van der Waals surface area contributed by atoms with Crippen LogP contribution in [0.3, 0.4) is 0 Å². The molecule has 0 saturated carbocycles. The highest BCUT2D eigenvalue weighted by molar-refractivity contribution is 7.90. The highest BCUT2D eigenvalue weighted by Gasteiger charge is 2.31. The third-order valence-electron chi connectivity index (χ3n) is 3.92. The molecule has 0 saturated heterocycles. The minimum atomic E-state index is -3.59. The number of aliphatic imine (C=N–C) groups is 1. The molecule has 0 aliphatic carbocycles. The molecule has 1 aliphatic heterocycles. The largest absolute Gasteiger partial charge is 0.354 e. The molecule has 0 unspecified atom stereocenters. The van der Waals surface area contributed by atoms with Crippen LogP contribution in [0.5, 0.6) is 0 Å². The molecule has 2 aromatic carbocycles. The molecule has 0 aromatic heterocycles. The summed E-state index contributed by atoms with van der Waals surface area (Å²) in [6.45, 7) is 2.14. The van der Waals surface area contributed by atoms with Gasteiger partial charge in [-0.2, -0.15) is 0 Å². The molecule has 0 fully saturated rings. The molecule has 1 heterocycles. The van der Waals surface area contributed by atoms with Gasteiger partial charge in [0.05, 0.1) is 4.90 Å². The molecule has 0 bridgehead atoms. The number of fused-ring (bicyclic) bond motifs is 1. The zero-order valence-corrected chi connectivity index (χ0v) is 14.6. The summed E-state index contributed by atoms with van der Waals surface area (Å²) in [7, 11) is -3.59. The number of hydrogen-bond donors (Lipinski definition) is 2. The molecular weight excluding hydrogens is 338 g/mol. The fourth-order valence-corrected chi connectivity index (χ4v) is 3.84. The van der Waals surface area contributed by atoms with Gasteiger partial charge in [0.1, 0.15) is 11.9 Å². The maximum atomic E-state index is 12.2. The van der Waals surface area contributed by atoms with Gasteiger partial charge < -0.3 is 5.32 Å². The molecule has 0 spiro atoms. The Bertz CT molecular complexity index is 908. The Balaban J connectivity index is 1.64. The Kier molecular flexibility index (Phi) is 4.85. The van der Waals surface area contributed by atoms with Crippen LogP contribution in [-0.2, 0) is 21.2 Å². The fourth-order valence-electron chi connectivity index (χ4n) is 2.60. The Hall–Kier alpha value is -2.67. The standard InChI is InChI=1S/C18H19N3O3S/c1-13(18(22)19-12-11-14-7-3-2-4-8-14)20-17-15-9-5-6-10-16(15)25(23,24)21-17/h2-10,13H,11-12H2,1H3,(H,19,22)(H,20,21)/t13-/m1/s1. The molecule has 1 amide bonds. The van der Waals surface area contributed by atoms with Crippen LogP contribution < -0.4 is 10.0 Å². The van der Waals surface area contributed by atoms with Crippen LogP contribution in [0, 0.1) is 0 Å². The van der Waals surface area contributed by atoms with E-state index >= 15 is 0 Å². The summed E-state index contributed by atoms with van der Waals surface area (Å²) < 4.78 is 26.5. The number of amidine groups is 1. The summed E-state index contributed by atoms with van der Waals surface area (Å²) >= 11 is 0. The van der Waals surface area contributed by atoms with Gasteiger partial charge in [-0.25, -0.2) is 8.42 Å². The van der Waals surface area contributed by atoms with E-state index in [2.05, 4.69) is 15.0 Å². The van der Waals surface area contributed by atoms with Crippen LogP contribution in [-0.4, -0.2) is 32.7 Å². The minimum Gasteiger partial charge on any atom is -0.354 e. The van der Waals surface area contributed by atoms with Gasteiger partial charge in [-0.15, -0.1) is 0 Å². The van der Waals surface area contributed by atoms with Gasteiger partial charge in [0.2, 0.25) is 5.91 Å². The normalized spacial score (nSPS) is 17.6. The maximum Gasteiger partial charge on any atom is 0.263 e. The summed E-state index contributed by atoms with van der Waals surface area (Å²) in [6.07, 6.45) is 0.728. The Morgan fingerprint density at radius 1 is 1.12 bits per heavy atom. The number of benzene rings is 2. The Morgan fingerprint density at radius 3 is 2.56 bits per heavy atom. The number of rotatable bonds is 5. The van der Waals surface area contributed by atoms with Crippen LogP contribution >= 0.6 is 0 Å². The molecule has 130 valence electrons. The first-order valence-corrected chi connectivity index (χ1v) is 9.47. The van der Waals surface area contributed by atoms with Crippen molar-refractivity contribution in [2.45, 2.75) is 24.3 Å². The van der Waals surface area contributed by atoms with Crippen molar-refractivity contribution >= 4 is 21.8 Å². The topological polar surface area (TPSA) is 87.6 Å². The number of carbonyl (C=O) groups is 1. The van der Waals surface area contributed by atoms with Gasteiger partial charge in [0.15, 0.2) is 0 Å². The predicted octanol–water partition coefficient (Wildman–Crippen LogP) is 1.47. The van der Waals surface area contributed by atoms with Crippen molar-refractivity contribution in [1.29, 1.82) is 0 Å². The van der Waals surface area contributed by atoms with E-state index in [9.17, 15) is 13.2 Å². The van der Waals surface area contributed by atoms with E-state index in [1.807, 2.05) is 30.3 Å². The van der Waals surface area contributed by atoms with E-state index in [4.69, 9.17) is 0 Å². The number of nitrogens with one attached hydrogen (secondary N) is 2. The molecule has 2 aromatic rings. The lowest BCUT2D eigenvalue weighted by Crippen LogP contribution is -2.35. The SMILES string of the molecule is C[C@@H](N=C1NS(=O)(=O)c2ccccc21)C(=O)NCCc1ccccc1. The number of nitrogens with zero attached hydrogens (tertiary/aromatic N) is 1. The quantitative estimate of drug-likeness (QED) is 0.849. The van der Waals surface area contributed by atoms with E-state index in [0.29, 0.717) is 12.1 Å². The second-order valence-corrected chi connectivity index (χ2v) is 7.43. The predicted molar refractivity (Wildman–Crippen MR) is 95.9 cm³/mol. The fraction of sp³-hybridized carbons (Fsp3) is 0.222. The molecule has 2 N–H and O–H groups in total. The summed E-state index contributed by atoms with van der Waals surface area (Å²) in [5, 5.41) is 2.83.